The van der Waals surface area contributed by atoms with E-state index in [0.29, 0.717) is 0 Å². The van der Waals surface area contributed by atoms with Gasteiger partial charge >= 0.3 is 48.9 Å². The molecule has 0 N–H and O–H groups in total. The predicted molar refractivity (Wildman–Crippen MR) is 46.4 cm³/mol. The fraction of sp³-hybridized carbons (Fsp3) is 0.111. The summed E-state index contributed by atoms with van der Waals surface area (Å²) in [6.45, 7) is 0. The molecule has 0 spiro atoms. The third-order valence-corrected chi connectivity index (χ3v) is 1.60. The molecule has 2 nitrogen and oxygen atoms in total. The summed E-state index contributed by atoms with van der Waals surface area (Å²) in [6, 6.07) is 8.08. The Morgan fingerprint density at radius 1 is 1.14 bits per heavy atom. The molecule has 0 aliphatic carbocycles. The topological polar surface area (TPSA) is 37.7 Å². The summed E-state index contributed by atoms with van der Waals surface area (Å²) in [5.74, 6) is 0.991. The van der Waals surface area contributed by atoms with Gasteiger partial charge in [0.15, 0.2) is 0 Å². The Hall–Kier alpha value is 1.33. The summed E-state index contributed by atoms with van der Waals surface area (Å²) in [6.07, 6.45) is 4.75. The van der Waals surface area contributed by atoms with E-state index in [2.05, 4.69) is 6.07 Å². The van der Waals surface area contributed by atoms with Crippen LogP contribution in [-0.4, -0.2) is 48.9 Å². The fourth-order valence-electron chi connectivity index (χ4n) is 1.08. The summed E-state index contributed by atoms with van der Waals surface area (Å²) in [5.41, 5.74) is 1.27. The van der Waals surface area contributed by atoms with Gasteiger partial charge in [0.05, 0.1) is 6.26 Å². The fourth-order valence-corrected chi connectivity index (χ4v) is 1.08. The van der Waals surface area contributed by atoms with Crippen molar-refractivity contribution in [2.24, 2.45) is 0 Å². The predicted octanol–water partition coefficient (Wildman–Crippen LogP) is 1.63. The van der Waals surface area contributed by atoms with Crippen LogP contribution in [0.5, 0.6) is 5.75 Å². The Kier molecular flexibility index (Phi) is 16.0. The molecule has 1 aromatic rings. The van der Waals surface area contributed by atoms with Gasteiger partial charge in [0.1, 0.15) is 5.75 Å². The van der Waals surface area contributed by atoms with Crippen molar-refractivity contribution in [3.8, 4) is 5.75 Å². The quantitative estimate of drug-likeness (QED) is 0.607. The van der Waals surface area contributed by atoms with Gasteiger partial charge in [0.25, 0.3) is 0 Å². The van der Waals surface area contributed by atoms with Crippen LogP contribution >= 0.6 is 0 Å². The zero-order chi connectivity index (χ0) is 6.81. The van der Waals surface area contributed by atoms with Crippen molar-refractivity contribution in [3.05, 3.63) is 42.2 Å². The van der Waals surface area contributed by atoms with Gasteiger partial charge in [-0.3, -0.25) is 0 Å². The van der Waals surface area contributed by atoms with Crippen molar-refractivity contribution in [2.45, 2.75) is 6.42 Å². The Morgan fingerprint density at radius 3 is 2.43 bits per heavy atom. The number of hydrogen-bond acceptors (Lipinski definition) is 1. The van der Waals surface area contributed by atoms with Gasteiger partial charge < -0.3 is 10.2 Å². The van der Waals surface area contributed by atoms with E-state index >= 15 is 0 Å². The van der Waals surface area contributed by atoms with Crippen LogP contribution in [0.15, 0.2) is 36.6 Å². The molecule has 0 unspecified atom stereocenters. The molecule has 2 radical (unpaired) electrons. The van der Waals surface area contributed by atoms with Gasteiger partial charge in [-0.15, -0.1) is 0 Å². The van der Waals surface area contributed by atoms with Crippen LogP contribution in [0.25, 0.3) is 0 Å². The van der Waals surface area contributed by atoms with E-state index in [9.17, 15) is 0 Å². The number of para-hydroxylation sites is 1. The van der Waals surface area contributed by atoms with E-state index in [0.717, 1.165) is 12.2 Å². The van der Waals surface area contributed by atoms with Crippen molar-refractivity contribution in [2.75, 3.05) is 0 Å². The normalized spacial score (nSPS) is 10.0. The van der Waals surface area contributed by atoms with Crippen LogP contribution in [0, 0.1) is 0 Å². The summed E-state index contributed by atoms with van der Waals surface area (Å²) in [7, 11) is 0. The third kappa shape index (κ3) is 5.42. The van der Waals surface area contributed by atoms with Gasteiger partial charge in [0.2, 0.25) is 0 Å². The maximum Gasteiger partial charge on any atom is 2.00 e. The first-order chi connectivity index (χ1) is 4.97. The van der Waals surface area contributed by atoms with E-state index in [1.54, 1.807) is 6.26 Å². The smallest absolute Gasteiger partial charge is 2.00 e. The molecule has 0 aromatic heterocycles. The zero-order valence-electron chi connectivity index (χ0n) is 7.37. The number of benzene rings is 1. The van der Waals surface area contributed by atoms with Crippen LogP contribution in [0.1, 0.15) is 5.56 Å². The standard InChI is InChI=1S/C9H8O.Ba.Cu.Mn.O/c1-2-6-9-8(4-1)5-3-7-10-9;;;;/h1-4,6-7H,5H2;;;;/q;+2;;;-2. The summed E-state index contributed by atoms with van der Waals surface area (Å²) in [4.78, 5) is 0. The second-order valence-electron chi connectivity index (χ2n) is 2.30. The Morgan fingerprint density at radius 2 is 1.79 bits per heavy atom. The first-order valence-corrected chi connectivity index (χ1v) is 3.36. The molecule has 0 fully saturated rings. The van der Waals surface area contributed by atoms with Crippen molar-refractivity contribution < 1.29 is 44.4 Å². The van der Waals surface area contributed by atoms with Crippen molar-refractivity contribution in [1.29, 1.82) is 0 Å². The van der Waals surface area contributed by atoms with Crippen LogP contribution in [0.2, 0.25) is 0 Å². The number of fused-ring (bicyclic) bond motifs is 1. The average molecular weight is 404 g/mol. The second-order valence-corrected chi connectivity index (χ2v) is 2.30. The second kappa shape index (κ2) is 10.8. The van der Waals surface area contributed by atoms with Crippen LogP contribution in [-0.2, 0) is 46.0 Å². The number of rotatable bonds is 0. The largest absolute Gasteiger partial charge is 2.00 e. The molecule has 0 bridgehead atoms. The minimum atomic E-state index is 0. The molecule has 5 heteroatoms. The Balaban J connectivity index is -0.000000302. The van der Waals surface area contributed by atoms with Crippen LogP contribution in [0.4, 0.5) is 0 Å². The Bertz CT molecular complexity index is 254. The molecule has 2 rings (SSSR count). The zero-order valence-corrected chi connectivity index (χ0v) is 13.9. The summed E-state index contributed by atoms with van der Waals surface area (Å²) in [5, 5.41) is 0. The molecule has 76 valence electrons. The van der Waals surface area contributed by atoms with E-state index in [1.165, 1.54) is 5.56 Å². The molecular formula is C9H8BaCuMnO2. The van der Waals surface area contributed by atoms with E-state index in [-0.39, 0.29) is 88.5 Å². The number of ether oxygens (including phenoxy) is 1. The molecule has 0 atom stereocenters. The number of hydrogen-bond donors (Lipinski definition) is 0. The van der Waals surface area contributed by atoms with E-state index in [1.807, 2.05) is 24.3 Å². The summed E-state index contributed by atoms with van der Waals surface area (Å²) < 4.78 is 5.24. The van der Waals surface area contributed by atoms with E-state index in [4.69, 9.17) is 4.74 Å². The van der Waals surface area contributed by atoms with Crippen LogP contribution in [0.3, 0.4) is 0 Å². The van der Waals surface area contributed by atoms with Gasteiger partial charge in [-0.25, -0.2) is 0 Å². The third-order valence-electron chi connectivity index (χ3n) is 1.60. The minimum absolute atomic E-state index is 0. The van der Waals surface area contributed by atoms with Gasteiger partial charge in [-0.2, -0.15) is 0 Å². The van der Waals surface area contributed by atoms with Crippen molar-refractivity contribution in [3.63, 3.8) is 0 Å². The van der Waals surface area contributed by atoms with Gasteiger partial charge in [-0.1, -0.05) is 18.2 Å². The van der Waals surface area contributed by atoms with Crippen molar-refractivity contribution >= 4 is 48.9 Å². The molecular weight excluding hydrogens is 396 g/mol. The van der Waals surface area contributed by atoms with Crippen molar-refractivity contribution in [1.82, 2.24) is 0 Å². The molecule has 14 heavy (non-hydrogen) atoms. The maximum absolute atomic E-state index is 5.24. The average Bonchev–Trinajstić information content (AvgIpc) is 2.05. The molecule has 1 aliphatic rings. The first kappa shape index (κ1) is 20.7. The maximum atomic E-state index is 5.24. The molecule has 0 saturated carbocycles. The summed E-state index contributed by atoms with van der Waals surface area (Å²) >= 11 is 0. The SMILES string of the molecule is C1=COc2ccccc2C1.[Ba+2].[Cu].[Mn].[O-2]. The molecule has 0 saturated heterocycles. The molecule has 1 heterocycles. The minimum Gasteiger partial charge on any atom is -2.00 e. The molecule has 1 aliphatic heterocycles. The first-order valence-electron chi connectivity index (χ1n) is 3.36. The van der Waals surface area contributed by atoms with Crippen LogP contribution < -0.4 is 4.74 Å². The molecule has 1 aromatic carbocycles. The Labute approximate surface area is 145 Å². The van der Waals surface area contributed by atoms with E-state index < -0.39 is 0 Å². The monoisotopic (exact) mass is 404 g/mol. The molecule has 0 amide bonds. The van der Waals surface area contributed by atoms with Gasteiger partial charge in [-0.05, 0) is 24.1 Å². The van der Waals surface area contributed by atoms with Gasteiger partial charge in [0, 0.05) is 34.1 Å². The number of allylic oxidation sites excluding steroid dienone is 1.